The van der Waals surface area contributed by atoms with Crippen LogP contribution in [-0.2, 0) is 9.47 Å². The molecule has 0 aromatic heterocycles. The van der Waals surface area contributed by atoms with Gasteiger partial charge >= 0.3 is 0 Å². The number of hydrazine groups is 1. The number of aliphatic hydroxyl groups excluding tert-OH is 2. The Hall–Kier alpha value is -0.240. The SMILES string of the molecule is CCNNCC.OCCOCCOCCO. The number of hydrogen-bond donors (Lipinski definition) is 4. The average molecular weight is 238 g/mol. The van der Waals surface area contributed by atoms with Crippen LogP contribution in [0.4, 0.5) is 0 Å². The normalized spacial score (nSPS) is 9.75. The number of ether oxygens (including phenoxy) is 2. The first-order valence-corrected chi connectivity index (χ1v) is 5.66. The molecule has 0 aliphatic carbocycles. The van der Waals surface area contributed by atoms with Gasteiger partial charge in [-0.05, 0) is 0 Å². The molecular weight excluding hydrogens is 212 g/mol. The van der Waals surface area contributed by atoms with Crippen molar-refractivity contribution < 1.29 is 19.7 Å². The van der Waals surface area contributed by atoms with Crippen LogP contribution >= 0.6 is 0 Å². The second kappa shape index (κ2) is 20.2. The lowest BCUT2D eigenvalue weighted by molar-refractivity contribution is 0.0222. The Labute approximate surface area is 97.9 Å². The average Bonchev–Trinajstić information content (AvgIpc) is 2.32. The quantitative estimate of drug-likeness (QED) is 0.292. The molecule has 0 aromatic carbocycles. The molecule has 6 nitrogen and oxygen atoms in total. The molecule has 16 heavy (non-hydrogen) atoms. The Kier molecular flexibility index (Phi) is 22.9. The fourth-order valence-electron chi connectivity index (χ4n) is 0.701. The van der Waals surface area contributed by atoms with Gasteiger partial charge in [0.2, 0.25) is 0 Å². The summed E-state index contributed by atoms with van der Waals surface area (Å²) in [5.41, 5.74) is 5.90. The molecule has 0 atom stereocenters. The predicted molar refractivity (Wildman–Crippen MR) is 63.2 cm³/mol. The summed E-state index contributed by atoms with van der Waals surface area (Å²) < 4.78 is 9.75. The van der Waals surface area contributed by atoms with E-state index in [2.05, 4.69) is 24.7 Å². The van der Waals surface area contributed by atoms with Crippen molar-refractivity contribution in [2.24, 2.45) is 0 Å². The topological polar surface area (TPSA) is 83.0 Å². The zero-order chi connectivity index (χ0) is 12.5. The highest BCUT2D eigenvalue weighted by molar-refractivity contribution is 4.30. The van der Waals surface area contributed by atoms with Gasteiger partial charge in [0.1, 0.15) is 0 Å². The molecular formula is C10H26N2O4. The van der Waals surface area contributed by atoms with Crippen LogP contribution in [0.5, 0.6) is 0 Å². The first kappa shape index (κ1) is 18.1. The Morgan fingerprint density at radius 2 is 1.12 bits per heavy atom. The zero-order valence-corrected chi connectivity index (χ0v) is 10.4. The molecule has 0 unspecified atom stereocenters. The summed E-state index contributed by atoms with van der Waals surface area (Å²) in [7, 11) is 0. The molecule has 0 heterocycles. The summed E-state index contributed by atoms with van der Waals surface area (Å²) in [5, 5.41) is 16.5. The van der Waals surface area contributed by atoms with Crippen LogP contribution in [0.15, 0.2) is 0 Å². The third kappa shape index (κ3) is 23.5. The molecule has 0 amide bonds. The molecule has 0 radical (unpaired) electrons. The molecule has 0 aromatic rings. The monoisotopic (exact) mass is 238 g/mol. The minimum absolute atomic E-state index is 0.0417. The first-order chi connectivity index (χ1) is 7.83. The molecule has 0 rings (SSSR count). The van der Waals surface area contributed by atoms with Crippen LogP contribution in [0.2, 0.25) is 0 Å². The maximum Gasteiger partial charge on any atom is 0.0701 e. The Morgan fingerprint density at radius 3 is 1.38 bits per heavy atom. The van der Waals surface area contributed by atoms with Crippen LogP contribution in [0.1, 0.15) is 13.8 Å². The van der Waals surface area contributed by atoms with Crippen LogP contribution in [-0.4, -0.2) is 62.9 Å². The Morgan fingerprint density at radius 1 is 0.750 bits per heavy atom. The van der Waals surface area contributed by atoms with Crippen LogP contribution in [0.3, 0.4) is 0 Å². The number of hydrogen-bond acceptors (Lipinski definition) is 6. The largest absolute Gasteiger partial charge is 0.394 e. The van der Waals surface area contributed by atoms with E-state index in [1.165, 1.54) is 0 Å². The van der Waals surface area contributed by atoms with Gasteiger partial charge in [0.25, 0.3) is 0 Å². The van der Waals surface area contributed by atoms with Crippen molar-refractivity contribution in [3.8, 4) is 0 Å². The summed E-state index contributed by atoms with van der Waals surface area (Å²) in [5.74, 6) is 0. The number of nitrogens with one attached hydrogen (secondary N) is 2. The van der Waals surface area contributed by atoms with Crippen molar-refractivity contribution in [1.82, 2.24) is 10.9 Å². The second-order valence-corrected chi connectivity index (χ2v) is 2.73. The van der Waals surface area contributed by atoms with Crippen molar-refractivity contribution >= 4 is 0 Å². The molecule has 4 N–H and O–H groups in total. The summed E-state index contributed by atoms with van der Waals surface area (Å²) >= 11 is 0. The molecule has 0 fully saturated rings. The lowest BCUT2D eigenvalue weighted by Crippen LogP contribution is -2.30. The van der Waals surface area contributed by atoms with Gasteiger partial charge in [-0.2, -0.15) is 0 Å². The van der Waals surface area contributed by atoms with Gasteiger partial charge in [-0.1, -0.05) is 13.8 Å². The van der Waals surface area contributed by atoms with E-state index in [1.54, 1.807) is 0 Å². The Balaban J connectivity index is 0. The van der Waals surface area contributed by atoms with Gasteiger partial charge in [-0.15, -0.1) is 0 Å². The molecule has 100 valence electrons. The zero-order valence-electron chi connectivity index (χ0n) is 10.4. The minimum Gasteiger partial charge on any atom is -0.394 e. The lowest BCUT2D eigenvalue weighted by atomic mass is 10.7. The van der Waals surface area contributed by atoms with Crippen molar-refractivity contribution in [1.29, 1.82) is 0 Å². The molecule has 0 spiro atoms. The van der Waals surface area contributed by atoms with Gasteiger partial charge in [0.15, 0.2) is 0 Å². The minimum atomic E-state index is 0.0417. The van der Waals surface area contributed by atoms with E-state index >= 15 is 0 Å². The maximum absolute atomic E-state index is 8.26. The third-order valence-electron chi connectivity index (χ3n) is 1.32. The molecule has 0 saturated carbocycles. The second-order valence-electron chi connectivity index (χ2n) is 2.73. The van der Waals surface area contributed by atoms with Gasteiger partial charge in [0.05, 0.1) is 39.6 Å². The fourth-order valence-corrected chi connectivity index (χ4v) is 0.701. The summed E-state index contributed by atoms with van der Waals surface area (Å²) in [6, 6.07) is 0. The third-order valence-corrected chi connectivity index (χ3v) is 1.32. The lowest BCUT2D eigenvalue weighted by Gasteiger charge is -2.01. The first-order valence-electron chi connectivity index (χ1n) is 5.66. The van der Waals surface area contributed by atoms with E-state index in [0.29, 0.717) is 26.4 Å². The van der Waals surface area contributed by atoms with E-state index in [-0.39, 0.29) is 13.2 Å². The van der Waals surface area contributed by atoms with Gasteiger partial charge in [-0.25, -0.2) is 0 Å². The van der Waals surface area contributed by atoms with Gasteiger partial charge in [-0.3, -0.25) is 10.9 Å². The fraction of sp³-hybridized carbons (Fsp3) is 1.00. The molecule has 0 aliphatic heterocycles. The van der Waals surface area contributed by atoms with Crippen LogP contribution in [0, 0.1) is 0 Å². The van der Waals surface area contributed by atoms with Crippen molar-refractivity contribution in [2.75, 3.05) is 52.7 Å². The molecule has 0 aliphatic rings. The maximum atomic E-state index is 8.26. The van der Waals surface area contributed by atoms with Crippen molar-refractivity contribution in [3.63, 3.8) is 0 Å². The number of aliphatic hydroxyl groups is 2. The highest BCUT2D eigenvalue weighted by Crippen LogP contribution is 1.76. The highest BCUT2D eigenvalue weighted by Gasteiger charge is 1.86. The van der Waals surface area contributed by atoms with E-state index < -0.39 is 0 Å². The highest BCUT2D eigenvalue weighted by atomic mass is 16.5. The van der Waals surface area contributed by atoms with Gasteiger partial charge in [0, 0.05) is 13.1 Å². The smallest absolute Gasteiger partial charge is 0.0701 e. The summed E-state index contributed by atoms with van der Waals surface area (Å²) in [6.07, 6.45) is 0. The molecule has 0 saturated heterocycles. The van der Waals surface area contributed by atoms with E-state index in [1.807, 2.05) is 0 Å². The Bertz CT molecular complexity index is 94.8. The van der Waals surface area contributed by atoms with E-state index in [9.17, 15) is 0 Å². The number of rotatable bonds is 10. The van der Waals surface area contributed by atoms with Crippen LogP contribution in [0.25, 0.3) is 0 Å². The molecule has 0 bridgehead atoms. The van der Waals surface area contributed by atoms with Crippen molar-refractivity contribution in [2.45, 2.75) is 13.8 Å². The van der Waals surface area contributed by atoms with Crippen LogP contribution < -0.4 is 10.9 Å². The van der Waals surface area contributed by atoms with E-state index in [0.717, 1.165) is 13.1 Å². The van der Waals surface area contributed by atoms with Gasteiger partial charge < -0.3 is 19.7 Å². The standard InChI is InChI=1S/C6H14O4.C4H12N2/c7-1-3-9-5-6-10-4-2-8;1-3-5-6-4-2/h7-8H,1-6H2;5-6H,3-4H2,1-2H3. The van der Waals surface area contributed by atoms with Crippen molar-refractivity contribution in [3.05, 3.63) is 0 Å². The molecule has 6 heteroatoms. The predicted octanol–water partition coefficient (Wildman–Crippen LogP) is -0.875. The summed E-state index contributed by atoms with van der Waals surface area (Å²) in [4.78, 5) is 0. The van der Waals surface area contributed by atoms with E-state index in [4.69, 9.17) is 19.7 Å². The summed E-state index contributed by atoms with van der Waals surface area (Å²) in [6.45, 7) is 7.83.